The maximum absolute atomic E-state index is 13.1. The molecule has 0 saturated heterocycles. The van der Waals surface area contributed by atoms with Crippen LogP contribution in [0, 0.1) is 5.92 Å². The van der Waals surface area contributed by atoms with E-state index in [0.29, 0.717) is 12.8 Å². The average molecular weight is 870 g/mol. The summed E-state index contributed by atoms with van der Waals surface area (Å²) in [5.41, 5.74) is 0. The Labute approximate surface area is 376 Å². The highest BCUT2D eigenvalue weighted by molar-refractivity contribution is 5.76. The minimum absolute atomic E-state index is 0.133. The molecule has 1 fully saturated rings. The molecular formula is C52H103NO8. The van der Waals surface area contributed by atoms with E-state index >= 15 is 0 Å². The van der Waals surface area contributed by atoms with E-state index in [9.17, 15) is 30.3 Å². The SMILES string of the molecule is CCCCCCCCCCCCCCCCCCCCCCCCCC(=O)N[C@@H](CO[C@H]1C[C@H](COC)[C@H](O)[C@H](O)[C@H]1O)[C@H](O)[C@H](O)CCCCCCCCCCCCCC. The molecule has 1 saturated carbocycles. The van der Waals surface area contributed by atoms with E-state index in [0.717, 1.165) is 38.5 Å². The average Bonchev–Trinajstić information content (AvgIpc) is 3.25. The summed E-state index contributed by atoms with van der Waals surface area (Å²) in [4.78, 5) is 13.1. The molecule has 1 aliphatic carbocycles. The zero-order valence-corrected chi connectivity index (χ0v) is 40.4. The molecule has 6 N–H and O–H groups in total. The molecule has 0 radical (unpaired) electrons. The fraction of sp³-hybridized carbons (Fsp3) is 0.981. The zero-order chi connectivity index (χ0) is 44.6. The van der Waals surface area contributed by atoms with E-state index in [2.05, 4.69) is 19.2 Å². The minimum Gasteiger partial charge on any atom is -0.390 e. The topological polar surface area (TPSA) is 149 Å². The molecule has 0 aliphatic heterocycles. The summed E-state index contributed by atoms with van der Waals surface area (Å²) < 4.78 is 11.2. The maximum Gasteiger partial charge on any atom is 0.220 e. The van der Waals surface area contributed by atoms with Gasteiger partial charge in [0, 0.05) is 19.4 Å². The molecule has 364 valence electrons. The number of aliphatic hydroxyl groups excluding tert-OH is 5. The lowest BCUT2D eigenvalue weighted by Crippen LogP contribution is -2.57. The lowest BCUT2D eigenvalue weighted by atomic mass is 9.81. The summed E-state index contributed by atoms with van der Waals surface area (Å²) in [6, 6.07) is -0.874. The fourth-order valence-electron chi connectivity index (χ4n) is 9.26. The van der Waals surface area contributed by atoms with Crippen molar-refractivity contribution >= 4 is 5.91 Å². The Morgan fingerprint density at radius 1 is 0.525 bits per heavy atom. The van der Waals surface area contributed by atoms with Crippen molar-refractivity contribution < 1.29 is 39.8 Å². The molecule has 0 spiro atoms. The van der Waals surface area contributed by atoms with Gasteiger partial charge in [-0.05, 0) is 19.3 Å². The van der Waals surface area contributed by atoms with Gasteiger partial charge in [0.25, 0.3) is 0 Å². The van der Waals surface area contributed by atoms with Gasteiger partial charge in [-0.1, -0.05) is 232 Å². The largest absolute Gasteiger partial charge is 0.390 e. The van der Waals surface area contributed by atoms with Gasteiger partial charge < -0.3 is 40.3 Å². The minimum atomic E-state index is -1.40. The van der Waals surface area contributed by atoms with Gasteiger partial charge in [-0.3, -0.25) is 4.79 Å². The smallest absolute Gasteiger partial charge is 0.220 e. The molecule has 1 amide bonds. The molecule has 0 unspecified atom stereocenters. The number of methoxy groups -OCH3 is 1. The summed E-state index contributed by atoms with van der Waals surface area (Å²) in [7, 11) is 1.52. The predicted molar refractivity (Wildman–Crippen MR) is 254 cm³/mol. The molecule has 8 atom stereocenters. The van der Waals surface area contributed by atoms with Gasteiger partial charge >= 0.3 is 0 Å². The summed E-state index contributed by atoms with van der Waals surface area (Å²) in [6.07, 6.45) is 39.1. The highest BCUT2D eigenvalue weighted by Crippen LogP contribution is 2.29. The molecule has 1 rings (SSSR count). The Morgan fingerprint density at radius 2 is 0.885 bits per heavy atom. The molecule has 0 aromatic heterocycles. The molecule has 9 heteroatoms. The van der Waals surface area contributed by atoms with Crippen molar-refractivity contribution in [2.75, 3.05) is 20.3 Å². The number of hydrogen-bond acceptors (Lipinski definition) is 8. The second-order valence-electron chi connectivity index (χ2n) is 19.2. The van der Waals surface area contributed by atoms with E-state index in [1.165, 1.54) is 193 Å². The van der Waals surface area contributed by atoms with Crippen molar-refractivity contribution in [2.45, 2.75) is 301 Å². The van der Waals surface area contributed by atoms with Crippen LogP contribution in [0.25, 0.3) is 0 Å². The second kappa shape index (κ2) is 41.9. The van der Waals surface area contributed by atoms with Gasteiger partial charge in [0.15, 0.2) is 0 Å². The van der Waals surface area contributed by atoms with E-state index in [4.69, 9.17) is 9.47 Å². The van der Waals surface area contributed by atoms with Crippen molar-refractivity contribution in [3.05, 3.63) is 0 Å². The third-order valence-corrected chi connectivity index (χ3v) is 13.5. The van der Waals surface area contributed by atoms with Crippen molar-refractivity contribution in [1.29, 1.82) is 0 Å². The first-order valence-electron chi connectivity index (χ1n) is 26.6. The quantitative estimate of drug-likeness (QED) is 0.0331. The van der Waals surface area contributed by atoms with E-state index in [1.54, 1.807) is 0 Å². The Kier molecular flexibility index (Phi) is 39.9. The highest BCUT2D eigenvalue weighted by atomic mass is 16.5. The number of nitrogens with one attached hydrogen (secondary N) is 1. The van der Waals surface area contributed by atoms with Crippen LogP contribution < -0.4 is 5.32 Å². The molecule has 0 bridgehead atoms. The van der Waals surface area contributed by atoms with Crippen LogP contribution >= 0.6 is 0 Å². The first kappa shape index (κ1) is 58.2. The summed E-state index contributed by atoms with van der Waals surface area (Å²) in [5, 5.41) is 56.8. The number of rotatable bonds is 45. The molecule has 0 heterocycles. The molecule has 0 aromatic carbocycles. The second-order valence-corrected chi connectivity index (χ2v) is 19.2. The van der Waals surface area contributed by atoms with Crippen LogP contribution in [0.5, 0.6) is 0 Å². The Hall–Kier alpha value is -0.810. The standard InChI is InChI=1S/C52H103NO8/c1-4-6-8-10-12-14-16-18-19-20-21-22-23-24-25-26-27-28-30-32-34-36-38-40-48(55)53-45(43-61-47-41-44(42-60-3)49(56)52(59)51(47)58)50(57)46(54)39-37-35-33-31-29-17-15-13-11-9-7-5-2/h44-47,49-52,54,56-59H,4-43H2,1-3H3,(H,53,55)/t44-,45+,46-,47+,49+,50+,51+,52+/m1/s1. The third-order valence-electron chi connectivity index (χ3n) is 13.5. The van der Waals surface area contributed by atoms with Crippen LogP contribution in [0.3, 0.4) is 0 Å². The molecule has 9 nitrogen and oxygen atoms in total. The van der Waals surface area contributed by atoms with Gasteiger partial charge in [-0.25, -0.2) is 0 Å². The van der Waals surface area contributed by atoms with Gasteiger partial charge in [0.1, 0.15) is 18.3 Å². The maximum atomic E-state index is 13.1. The fourth-order valence-corrected chi connectivity index (χ4v) is 9.26. The van der Waals surface area contributed by atoms with Crippen LogP contribution in [0.2, 0.25) is 0 Å². The first-order chi connectivity index (χ1) is 29.8. The predicted octanol–water partition coefficient (Wildman–Crippen LogP) is 11.8. The Balaban J connectivity index is 2.30. The Bertz CT molecular complexity index is 941. The van der Waals surface area contributed by atoms with Crippen LogP contribution in [0.4, 0.5) is 0 Å². The van der Waals surface area contributed by atoms with Gasteiger partial charge in [-0.15, -0.1) is 0 Å². The van der Waals surface area contributed by atoms with Crippen molar-refractivity contribution in [3.8, 4) is 0 Å². The van der Waals surface area contributed by atoms with Gasteiger partial charge in [0.05, 0.1) is 37.6 Å². The lowest BCUT2D eigenvalue weighted by molar-refractivity contribution is -0.183. The number of aliphatic hydroxyl groups is 5. The number of amides is 1. The number of carbonyl (C=O) groups is 1. The van der Waals surface area contributed by atoms with Crippen LogP contribution in [0.1, 0.15) is 258 Å². The van der Waals surface area contributed by atoms with Crippen molar-refractivity contribution in [2.24, 2.45) is 5.92 Å². The monoisotopic (exact) mass is 870 g/mol. The summed E-state index contributed by atoms with van der Waals surface area (Å²) >= 11 is 0. The number of hydrogen-bond donors (Lipinski definition) is 6. The van der Waals surface area contributed by atoms with Gasteiger partial charge in [-0.2, -0.15) is 0 Å². The summed E-state index contributed by atoms with van der Waals surface area (Å²) in [5.74, 6) is -0.618. The zero-order valence-electron chi connectivity index (χ0n) is 40.4. The first-order valence-corrected chi connectivity index (χ1v) is 26.6. The van der Waals surface area contributed by atoms with Gasteiger partial charge in [0.2, 0.25) is 5.91 Å². The number of carbonyl (C=O) groups excluding carboxylic acids is 1. The number of ether oxygens (including phenoxy) is 2. The Morgan fingerprint density at radius 3 is 1.26 bits per heavy atom. The van der Waals surface area contributed by atoms with E-state index in [-0.39, 0.29) is 25.5 Å². The summed E-state index contributed by atoms with van der Waals surface area (Å²) in [6.45, 7) is 4.60. The van der Waals surface area contributed by atoms with Crippen LogP contribution in [0.15, 0.2) is 0 Å². The number of unbranched alkanes of at least 4 members (excludes halogenated alkanes) is 33. The molecule has 1 aliphatic rings. The van der Waals surface area contributed by atoms with Crippen LogP contribution in [-0.4, -0.2) is 94.4 Å². The molecule has 61 heavy (non-hydrogen) atoms. The van der Waals surface area contributed by atoms with Crippen LogP contribution in [-0.2, 0) is 14.3 Å². The third kappa shape index (κ3) is 31.7. The van der Waals surface area contributed by atoms with E-state index < -0.39 is 48.6 Å². The molecule has 0 aromatic rings. The van der Waals surface area contributed by atoms with E-state index in [1.807, 2.05) is 0 Å². The van der Waals surface area contributed by atoms with Crippen molar-refractivity contribution in [3.63, 3.8) is 0 Å². The molecular weight excluding hydrogens is 767 g/mol. The normalized spacial score (nSPS) is 20.8. The van der Waals surface area contributed by atoms with Crippen molar-refractivity contribution in [1.82, 2.24) is 5.32 Å². The highest BCUT2D eigenvalue weighted by Gasteiger charge is 2.43. The lowest BCUT2D eigenvalue weighted by Gasteiger charge is -2.40.